The third kappa shape index (κ3) is 2.42. The molecular formula is C12H13N7S. The monoisotopic (exact) mass is 287 g/mol. The van der Waals surface area contributed by atoms with Gasteiger partial charge in [-0.1, -0.05) is 0 Å². The zero-order valence-corrected chi connectivity index (χ0v) is 12.1. The summed E-state index contributed by atoms with van der Waals surface area (Å²) in [5, 5.41) is 4.35. The molecule has 0 aromatic carbocycles. The van der Waals surface area contributed by atoms with Crippen molar-refractivity contribution in [2.75, 3.05) is 12.4 Å². The predicted molar refractivity (Wildman–Crippen MR) is 76.9 cm³/mol. The van der Waals surface area contributed by atoms with Crippen molar-refractivity contribution >= 4 is 28.9 Å². The predicted octanol–water partition coefficient (Wildman–Crippen LogP) is 1.95. The average Bonchev–Trinajstić information content (AvgIpc) is 2.85. The van der Waals surface area contributed by atoms with Gasteiger partial charge in [-0.15, -0.1) is 0 Å². The highest BCUT2D eigenvalue weighted by Gasteiger charge is 2.12. The van der Waals surface area contributed by atoms with Gasteiger partial charge in [0, 0.05) is 18.4 Å². The Morgan fingerprint density at radius 1 is 1.10 bits per heavy atom. The molecule has 0 aliphatic rings. The van der Waals surface area contributed by atoms with Crippen molar-refractivity contribution in [3.63, 3.8) is 0 Å². The lowest BCUT2D eigenvalue weighted by Gasteiger charge is -2.05. The fourth-order valence-corrected chi connectivity index (χ4v) is 2.75. The molecule has 0 bridgehead atoms. The van der Waals surface area contributed by atoms with E-state index in [1.165, 1.54) is 11.8 Å². The number of hydrogen-bond acceptors (Lipinski definition) is 7. The van der Waals surface area contributed by atoms with Crippen molar-refractivity contribution in [3.05, 3.63) is 23.8 Å². The van der Waals surface area contributed by atoms with Crippen LogP contribution in [0.15, 0.2) is 22.6 Å². The lowest BCUT2D eigenvalue weighted by Crippen LogP contribution is -1.99. The van der Waals surface area contributed by atoms with Gasteiger partial charge in [0.2, 0.25) is 5.95 Å². The Labute approximate surface area is 119 Å². The minimum atomic E-state index is 0.525. The highest BCUT2D eigenvalue weighted by Crippen LogP contribution is 2.28. The van der Waals surface area contributed by atoms with Gasteiger partial charge in [-0.25, -0.2) is 19.9 Å². The van der Waals surface area contributed by atoms with Crippen molar-refractivity contribution < 1.29 is 0 Å². The third-order valence-corrected chi connectivity index (χ3v) is 3.48. The van der Waals surface area contributed by atoms with Crippen LogP contribution in [-0.2, 0) is 0 Å². The molecule has 0 aliphatic carbocycles. The van der Waals surface area contributed by atoms with Crippen LogP contribution in [0.4, 0.5) is 5.95 Å². The number of aromatic nitrogens is 6. The van der Waals surface area contributed by atoms with E-state index < -0.39 is 0 Å². The molecule has 8 heteroatoms. The second kappa shape index (κ2) is 5.04. The van der Waals surface area contributed by atoms with Crippen molar-refractivity contribution in [1.29, 1.82) is 0 Å². The van der Waals surface area contributed by atoms with Crippen molar-refractivity contribution in [2.45, 2.75) is 24.0 Å². The number of anilines is 1. The van der Waals surface area contributed by atoms with E-state index in [-0.39, 0.29) is 0 Å². The van der Waals surface area contributed by atoms with Gasteiger partial charge in [-0.3, -0.25) is 0 Å². The fourth-order valence-electron chi connectivity index (χ4n) is 1.82. The summed E-state index contributed by atoms with van der Waals surface area (Å²) in [6.07, 6.45) is 1.60. The molecule has 3 rings (SSSR count). The summed E-state index contributed by atoms with van der Waals surface area (Å²) in [6, 6.07) is 1.94. The van der Waals surface area contributed by atoms with Gasteiger partial charge in [0.15, 0.2) is 10.8 Å². The summed E-state index contributed by atoms with van der Waals surface area (Å²) >= 11 is 1.39. The van der Waals surface area contributed by atoms with Crippen LogP contribution in [-0.4, -0.2) is 37.0 Å². The molecule has 3 aromatic rings. The highest BCUT2D eigenvalue weighted by molar-refractivity contribution is 7.99. The molecule has 3 aromatic heterocycles. The van der Waals surface area contributed by atoms with Gasteiger partial charge in [-0.2, -0.15) is 4.98 Å². The first-order chi connectivity index (χ1) is 9.65. The number of fused-ring (bicyclic) bond motifs is 1. The quantitative estimate of drug-likeness (QED) is 0.562. The molecule has 2 N–H and O–H groups in total. The molecule has 0 saturated heterocycles. The number of nitrogens with zero attached hydrogens (tertiary/aromatic N) is 5. The lowest BCUT2D eigenvalue weighted by molar-refractivity contribution is 0.899. The molecule has 0 aliphatic heterocycles. The maximum atomic E-state index is 4.44. The maximum Gasteiger partial charge on any atom is 0.225 e. The second-order valence-corrected chi connectivity index (χ2v) is 5.19. The molecule has 20 heavy (non-hydrogen) atoms. The van der Waals surface area contributed by atoms with Gasteiger partial charge in [-0.05, 0) is 31.7 Å². The first-order valence-electron chi connectivity index (χ1n) is 6.04. The minimum Gasteiger partial charge on any atom is -0.357 e. The number of nitrogens with one attached hydrogen (secondary N) is 2. The molecule has 0 unspecified atom stereocenters. The van der Waals surface area contributed by atoms with E-state index in [4.69, 9.17) is 0 Å². The Bertz CT molecular complexity index is 747. The topological polar surface area (TPSA) is 92.3 Å². The zero-order valence-electron chi connectivity index (χ0n) is 11.3. The van der Waals surface area contributed by atoms with Gasteiger partial charge >= 0.3 is 0 Å². The van der Waals surface area contributed by atoms with E-state index in [0.29, 0.717) is 16.8 Å². The smallest absolute Gasteiger partial charge is 0.225 e. The Kier molecular flexibility index (Phi) is 3.23. The largest absolute Gasteiger partial charge is 0.357 e. The van der Waals surface area contributed by atoms with E-state index in [1.54, 1.807) is 13.4 Å². The SMILES string of the molecule is CNc1nc(Sc2nc(C)cc(C)n2)c2[nH]cnc2n1. The number of H-pyrrole nitrogens is 1. The highest BCUT2D eigenvalue weighted by atomic mass is 32.2. The molecule has 0 radical (unpaired) electrons. The normalized spacial score (nSPS) is 10.9. The molecule has 102 valence electrons. The van der Waals surface area contributed by atoms with Crippen molar-refractivity contribution in [2.24, 2.45) is 0 Å². The van der Waals surface area contributed by atoms with E-state index in [2.05, 4.69) is 35.2 Å². The molecule has 0 amide bonds. The Hall–Kier alpha value is -2.22. The number of hydrogen-bond donors (Lipinski definition) is 2. The summed E-state index contributed by atoms with van der Waals surface area (Å²) in [6.45, 7) is 3.90. The Morgan fingerprint density at radius 2 is 1.85 bits per heavy atom. The van der Waals surface area contributed by atoms with Crippen LogP contribution in [0.3, 0.4) is 0 Å². The first kappa shape index (κ1) is 12.8. The van der Waals surface area contributed by atoms with Crippen LogP contribution in [0, 0.1) is 13.8 Å². The molecule has 7 nitrogen and oxygen atoms in total. The van der Waals surface area contributed by atoms with Crippen LogP contribution in [0.25, 0.3) is 11.2 Å². The molecule has 0 atom stereocenters. The van der Waals surface area contributed by atoms with Crippen LogP contribution >= 0.6 is 11.8 Å². The summed E-state index contributed by atoms with van der Waals surface area (Å²) in [7, 11) is 1.77. The van der Waals surface area contributed by atoms with E-state index in [1.807, 2.05) is 19.9 Å². The van der Waals surface area contributed by atoms with Gasteiger partial charge in [0.05, 0.1) is 6.33 Å². The summed E-state index contributed by atoms with van der Waals surface area (Å²) in [5.74, 6) is 0.525. The van der Waals surface area contributed by atoms with E-state index in [9.17, 15) is 0 Å². The number of imidazole rings is 1. The zero-order chi connectivity index (χ0) is 14.1. The molecule has 0 saturated carbocycles. The van der Waals surface area contributed by atoms with Crippen LogP contribution < -0.4 is 5.32 Å². The number of aromatic amines is 1. The summed E-state index contributed by atoms with van der Waals surface area (Å²) in [5.41, 5.74) is 3.28. The van der Waals surface area contributed by atoms with Crippen molar-refractivity contribution in [1.82, 2.24) is 29.9 Å². The standard InChI is InChI=1S/C12H13N7S/c1-6-4-7(2)17-12(16-6)20-10-8-9(15-5-14-8)18-11(13-3)19-10/h4-5H,1-3H3,(H2,13,14,15,18,19). The fraction of sp³-hybridized carbons (Fsp3) is 0.250. The lowest BCUT2D eigenvalue weighted by atomic mass is 10.4. The number of rotatable bonds is 3. The van der Waals surface area contributed by atoms with Crippen molar-refractivity contribution in [3.8, 4) is 0 Å². The second-order valence-electron chi connectivity index (χ2n) is 4.24. The van der Waals surface area contributed by atoms with E-state index >= 15 is 0 Å². The minimum absolute atomic E-state index is 0.525. The Balaban J connectivity index is 2.07. The molecule has 3 heterocycles. The number of aryl methyl sites for hydroxylation is 2. The molecular weight excluding hydrogens is 274 g/mol. The summed E-state index contributed by atoms with van der Waals surface area (Å²) < 4.78 is 0. The first-order valence-corrected chi connectivity index (χ1v) is 6.86. The Morgan fingerprint density at radius 3 is 2.55 bits per heavy atom. The molecule has 0 spiro atoms. The van der Waals surface area contributed by atoms with Crippen LogP contribution in [0.5, 0.6) is 0 Å². The van der Waals surface area contributed by atoms with Gasteiger partial charge < -0.3 is 10.3 Å². The average molecular weight is 287 g/mol. The third-order valence-electron chi connectivity index (χ3n) is 2.63. The summed E-state index contributed by atoms with van der Waals surface area (Å²) in [4.78, 5) is 24.7. The van der Waals surface area contributed by atoms with Crippen LogP contribution in [0.2, 0.25) is 0 Å². The maximum absolute atomic E-state index is 4.44. The van der Waals surface area contributed by atoms with Crippen LogP contribution in [0.1, 0.15) is 11.4 Å². The van der Waals surface area contributed by atoms with E-state index in [0.717, 1.165) is 21.9 Å². The molecule has 0 fully saturated rings. The van der Waals surface area contributed by atoms with Gasteiger partial charge in [0.1, 0.15) is 10.5 Å². The van der Waals surface area contributed by atoms with Gasteiger partial charge in [0.25, 0.3) is 0 Å².